The molecule has 0 spiro atoms. The highest BCUT2D eigenvalue weighted by atomic mass is 19.4. The topological polar surface area (TPSA) is 191 Å². The first-order chi connectivity index (χ1) is 25.1. The average molecular weight is 734 g/mol. The highest BCUT2D eigenvalue weighted by Crippen LogP contribution is 2.38. The summed E-state index contributed by atoms with van der Waals surface area (Å²) in [5.41, 5.74) is -1.91. The summed E-state index contributed by atoms with van der Waals surface area (Å²) in [5.74, 6) is -2.99. The maximum absolute atomic E-state index is 13.6. The quantitative estimate of drug-likeness (QED) is 0.158. The van der Waals surface area contributed by atoms with Crippen LogP contribution in [0.15, 0.2) is 42.6 Å². The zero-order valence-corrected chi connectivity index (χ0v) is 28.7. The van der Waals surface area contributed by atoms with E-state index in [1.165, 1.54) is 30.9 Å². The van der Waals surface area contributed by atoms with Crippen molar-refractivity contribution in [2.75, 3.05) is 23.3 Å². The number of nitrogens with one attached hydrogen (secondary N) is 2. The maximum atomic E-state index is 13.6. The van der Waals surface area contributed by atoms with E-state index < -0.39 is 64.5 Å². The van der Waals surface area contributed by atoms with Gasteiger partial charge in [-0.15, -0.1) is 5.10 Å². The fourth-order valence-corrected chi connectivity index (χ4v) is 6.70. The fraction of sp³-hybridized carbons (Fsp3) is 0.400. The highest BCUT2D eigenvalue weighted by Gasteiger charge is 2.52. The molecule has 0 bridgehead atoms. The van der Waals surface area contributed by atoms with Gasteiger partial charge in [0.05, 0.1) is 39.7 Å². The van der Waals surface area contributed by atoms with Crippen LogP contribution in [0.3, 0.4) is 0 Å². The summed E-state index contributed by atoms with van der Waals surface area (Å²) < 4.78 is 42.3. The van der Waals surface area contributed by atoms with E-state index in [0.717, 1.165) is 17.0 Å². The Kier molecular flexibility index (Phi) is 9.77. The van der Waals surface area contributed by atoms with Crippen molar-refractivity contribution in [1.82, 2.24) is 30.1 Å². The van der Waals surface area contributed by atoms with Crippen LogP contribution in [0.25, 0.3) is 0 Å². The van der Waals surface area contributed by atoms with Crippen molar-refractivity contribution in [2.24, 2.45) is 0 Å². The first kappa shape index (κ1) is 36.7. The molecule has 4 heterocycles. The Bertz CT molecular complexity index is 2070. The molecule has 15 nitrogen and oxygen atoms in total. The van der Waals surface area contributed by atoms with E-state index in [1.807, 2.05) is 0 Å². The summed E-state index contributed by atoms with van der Waals surface area (Å²) in [6, 6.07) is 7.25. The van der Waals surface area contributed by atoms with Gasteiger partial charge in [0, 0.05) is 37.9 Å². The molecule has 0 aliphatic carbocycles. The highest BCUT2D eigenvalue weighted by molar-refractivity contribution is 6.25. The maximum Gasteiger partial charge on any atom is 0.417 e. The van der Waals surface area contributed by atoms with Crippen LogP contribution in [0, 0.1) is 11.3 Å². The number of amides is 7. The third kappa shape index (κ3) is 6.93. The van der Waals surface area contributed by atoms with Crippen molar-refractivity contribution in [3.05, 3.63) is 70.5 Å². The molecule has 276 valence electrons. The lowest BCUT2D eigenvalue weighted by molar-refractivity contribution is -0.138. The summed E-state index contributed by atoms with van der Waals surface area (Å²) in [4.78, 5) is 79.8. The molecule has 7 amide bonds. The lowest BCUT2D eigenvalue weighted by Gasteiger charge is -2.27. The van der Waals surface area contributed by atoms with Gasteiger partial charge in [-0.2, -0.15) is 18.4 Å². The second-order valence-electron chi connectivity index (χ2n) is 13.4. The van der Waals surface area contributed by atoms with E-state index in [2.05, 4.69) is 20.9 Å². The van der Waals surface area contributed by atoms with Gasteiger partial charge in [-0.25, -0.2) is 9.69 Å². The molecule has 1 aromatic heterocycles. The van der Waals surface area contributed by atoms with Crippen molar-refractivity contribution in [1.29, 1.82) is 5.26 Å². The van der Waals surface area contributed by atoms with Gasteiger partial charge in [0.1, 0.15) is 11.6 Å². The van der Waals surface area contributed by atoms with Crippen LogP contribution in [0.2, 0.25) is 0 Å². The predicted octanol–water partition coefficient (Wildman–Crippen LogP) is 3.64. The molecule has 3 aliphatic rings. The molecule has 0 saturated carbocycles. The third-order valence-electron chi connectivity index (χ3n) is 9.51. The number of halogens is 3. The standard InChI is InChI=1S/C35H34F3N9O6/c1-34(2)32(52)46(22-11-10-20(18-39)24(17-22)35(36,37)38)33(53)45(34)16-4-3-15-44-19-21(42-43-44)7-6-14-40-25-9-5-8-23-28(25)31(51)47(30(23)50)26-12-13-27(48)41-29(26)49/h5,8-11,17,19,26,40H,3-4,6-7,12-16H2,1-2H3,(H,41,48,49). The van der Waals surface area contributed by atoms with Crippen molar-refractivity contribution < 1.29 is 41.9 Å². The molecule has 1 atom stereocenters. The lowest BCUT2D eigenvalue weighted by atomic mass is 10.0. The van der Waals surface area contributed by atoms with Crippen molar-refractivity contribution >= 4 is 46.9 Å². The van der Waals surface area contributed by atoms with Gasteiger partial charge in [-0.3, -0.25) is 38.9 Å². The Morgan fingerprint density at radius 2 is 1.77 bits per heavy atom. The molecular formula is C35H34F3N9O6. The summed E-state index contributed by atoms with van der Waals surface area (Å²) in [6.45, 7) is 4.09. The summed E-state index contributed by atoms with van der Waals surface area (Å²) >= 11 is 0. The molecule has 1 unspecified atom stereocenters. The van der Waals surface area contributed by atoms with E-state index in [-0.39, 0.29) is 36.2 Å². The number of carbonyl (C=O) groups is 6. The smallest absolute Gasteiger partial charge is 0.384 e. The zero-order valence-electron chi connectivity index (χ0n) is 28.7. The molecule has 0 radical (unpaired) electrons. The molecule has 3 aliphatic heterocycles. The number of aromatic nitrogens is 3. The predicted molar refractivity (Wildman–Crippen MR) is 179 cm³/mol. The average Bonchev–Trinajstić information content (AvgIpc) is 3.72. The van der Waals surface area contributed by atoms with Crippen molar-refractivity contribution in [3.63, 3.8) is 0 Å². The van der Waals surface area contributed by atoms with E-state index >= 15 is 0 Å². The molecule has 2 aromatic carbocycles. The minimum absolute atomic E-state index is 0.0282. The molecule has 3 aromatic rings. The first-order valence-electron chi connectivity index (χ1n) is 16.9. The van der Waals surface area contributed by atoms with Gasteiger partial charge >= 0.3 is 12.2 Å². The molecule has 18 heteroatoms. The molecule has 6 rings (SSSR count). The van der Waals surface area contributed by atoms with Crippen molar-refractivity contribution in [3.8, 4) is 6.07 Å². The number of urea groups is 1. The van der Waals surface area contributed by atoms with Crippen LogP contribution in [0.1, 0.15) is 83.5 Å². The Labute approximate surface area is 300 Å². The zero-order chi connectivity index (χ0) is 38.2. The normalized spacial score (nSPS) is 18.5. The van der Waals surface area contributed by atoms with Crippen LogP contribution in [-0.2, 0) is 33.5 Å². The van der Waals surface area contributed by atoms with Gasteiger partial charge in [0.2, 0.25) is 11.8 Å². The minimum Gasteiger partial charge on any atom is -0.384 e. The molecule has 2 N–H and O–H groups in total. The summed E-state index contributed by atoms with van der Waals surface area (Å²) in [5, 5.41) is 22.8. The third-order valence-corrected chi connectivity index (χ3v) is 9.51. The number of alkyl halides is 3. The van der Waals surface area contributed by atoms with E-state index in [1.54, 1.807) is 23.0 Å². The Morgan fingerprint density at radius 3 is 2.49 bits per heavy atom. The lowest BCUT2D eigenvalue weighted by Crippen LogP contribution is -2.54. The minimum atomic E-state index is -4.85. The van der Waals surface area contributed by atoms with Gasteiger partial charge in [0.25, 0.3) is 17.7 Å². The second-order valence-corrected chi connectivity index (χ2v) is 13.4. The monoisotopic (exact) mass is 733 g/mol. The number of aryl methyl sites for hydroxylation is 2. The molecular weight excluding hydrogens is 699 g/mol. The van der Waals surface area contributed by atoms with Crippen molar-refractivity contribution in [2.45, 2.75) is 76.7 Å². The SMILES string of the molecule is CC1(C)C(=O)N(c2ccc(C#N)c(C(F)(F)F)c2)C(=O)N1CCCCn1cc(CCCNc2cccc3c2C(=O)N(C2CCC(=O)NC2=O)C3=O)nn1. The molecule has 53 heavy (non-hydrogen) atoms. The fourth-order valence-electron chi connectivity index (χ4n) is 6.70. The van der Waals surface area contributed by atoms with Gasteiger partial charge in [0.15, 0.2) is 0 Å². The number of hydrogen-bond donors (Lipinski definition) is 2. The van der Waals surface area contributed by atoms with Crippen LogP contribution < -0.4 is 15.5 Å². The van der Waals surface area contributed by atoms with Crippen LogP contribution in [0.5, 0.6) is 0 Å². The number of imide groups is 3. The number of benzene rings is 2. The number of fused-ring (bicyclic) bond motifs is 1. The number of nitrogens with zero attached hydrogens (tertiary/aromatic N) is 7. The number of unbranched alkanes of at least 4 members (excludes halogenated alkanes) is 1. The number of piperidine rings is 1. The van der Waals surface area contributed by atoms with E-state index in [9.17, 15) is 41.9 Å². The van der Waals surface area contributed by atoms with Gasteiger partial charge in [-0.05, 0) is 76.3 Å². The van der Waals surface area contributed by atoms with Crippen LogP contribution in [-0.4, -0.2) is 85.0 Å². The number of anilines is 2. The van der Waals surface area contributed by atoms with Gasteiger partial charge < -0.3 is 10.2 Å². The van der Waals surface area contributed by atoms with Crippen LogP contribution in [0.4, 0.5) is 29.3 Å². The number of carbonyl (C=O) groups excluding carboxylic acids is 6. The summed E-state index contributed by atoms with van der Waals surface area (Å²) in [6.07, 6.45) is -0.833. The number of nitriles is 1. The van der Waals surface area contributed by atoms with E-state index in [0.29, 0.717) is 61.1 Å². The summed E-state index contributed by atoms with van der Waals surface area (Å²) in [7, 11) is 0. The first-order valence-corrected chi connectivity index (χ1v) is 16.9. The van der Waals surface area contributed by atoms with E-state index in [4.69, 9.17) is 5.26 Å². The number of hydrogen-bond acceptors (Lipinski definition) is 10. The molecule has 2 fully saturated rings. The van der Waals surface area contributed by atoms with Gasteiger partial charge in [-0.1, -0.05) is 11.3 Å². The Balaban J connectivity index is 0.983. The largest absolute Gasteiger partial charge is 0.417 e. The van der Waals surface area contributed by atoms with Crippen LogP contribution >= 0.6 is 0 Å². The Hall–Kier alpha value is -6.12. The Morgan fingerprint density at radius 1 is 1.02 bits per heavy atom. The second kappa shape index (κ2) is 14.1. The molecule has 2 saturated heterocycles. The number of rotatable bonds is 12.